The summed E-state index contributed by atoms with van der Waals surface area (Å²) in [6, 6.07) is 6.84. The van der Waals surface area contributed by atoms with Crippen LogP contribution in [0.25, 0.3) is 0 Å². The van der Waals surface area contributed by atoms with Crippen LogP contribution in [0.3, 0.4) is 0 Å². The molecule has 1 unspecified atom stereocenters. The van der Waals surface area contributed by atoms with Crippen molar-refractivity contribution in [3.63, 3.8) is 0 Å². The molecule has 98 valence electrons. The highest BCUT2D eigenvalue weighted by Gasteiger charge is 2.43. The van der Waals surface area contributed by atoms with Gasteiger partial charge in [0.15, 0.2) is 5.41 Å². The number of carbonyl (C=O) groups excluding carboxylic acids is 1. The summed E-state index contributed by atoms with van der Waals surface area (Å²) >= 11 is 5.97. The van der Waals surface area contributed by atoms with E-state index in [1.54, 1.807) is 31.2 Å². The maximum absolute atomic E-state index is 11.8. The molecule has 1 aromatic rings. The van der Waals surface area contributed by atoms with Gasteiger partial charge in [-0.15, -0.1) is 0 Å². The first kappa shape index (κ1) is 14.5. The van der Waals surface area contributed by atoms with E-state index in [0.29, 0.717) is 10.6 Å². The number of aliphatic carboxylic acids is 1. The Kier molecular flexibility index (Phi) is 4.73. The minimum Gasteiger partial charge on any atom is -0.480 e. The summed E-state index contributed by atoms with van der Waals surface area (Å²) in [6.07, 6.45) is 0.000833. The lowest BCUT2D eigenvalue weighted by Crippen LogP contribution is -2.40. The second-order valence-electron chi connectivity index (χ2n) is 4.13. The van der Waals surface area contributed by atoms with Crippen molar-refractivity contribution in [1.29, 1.82) is 0 Å². The zero-order valence-electron chi connectivity index (χ0n) is 10.3. The summed E-state index contributed by atoms with van der Waals surface area (Å²) < 4.78 is 4.82. The number of hydrogen-bond acceptors (Lipinski definition) is 3. The minimum atomic E-state index is -1.62. The van der Waals surface area contributed by atoms with Crippen LogP contribution in [0.1, 0.15) is 19.4 Å². The molecule has 0 heterocycles. The third-order valence-corrected chi connectivity index (χ3v) is 3.07. The highest BCUT2D eigenvalue weighted by atomic mass is 35.5. The number of esters is 1. The van der Waals surface area contributed by atoms with Gasteiger partial charge in [-0.1, -0.05) is 29.8 Å². The van der Waals surface area contributed by atoms with E-state index in [1.807, 2.05) is 0 Å². The molecule has 1 rings (SSSR count). The normalized spacial score (nSPS) is 13.7. The average Bonchev–Trinajstić information content (AvgIpc) is 2.32. The molecule has 0 radical (unpaired) electrons. The Labute approximate surface area is 111 Å². The monoisotopic (exact) mass is 270 g/mol. The third-order valence-electron chi connectivity index (χ3n) is 2.70. The molecular weight excluding hydrogens is 256 g/mol. The van der Waals surface area contributed by atoms with Crippen molar-refractivity contribution >= 4 is 23.5 Å². The largest absolute Gasteiger partial charge is 0.480 e. The van der Waals surface area contributed by atoms with E-state index in [0.717, 1.165) is 0 Å². The average molecular weight is 271 g/mol. The van der Waals surface area contributed by atoms with Crippen molar-refractivity contribution < 1.29 is 19.4 Å². The second kappa shape index (κ2) is 5.87. The Hall–Kier alpha value is -1.55. The fraction of sp³-hybridized carbons (Fsp3) is 0.385. The molecule has 0 fully saturated rings. The molecule has 0 aliphatic heterocycles. The quantitative estimate of drug-likeness (QED) is 0.660. The van der Waals surface area contributed by atoms with Crippen LogP contribution in [0.2, 0.25) is 5.02 Å². The molecule has 1 N–H and O–H groups in total. The lowest BCUT2D eigenvalue weighted by molar-refractivity contribution is -0.167. The van der Waals surface area contributed by atoms with E-state index in [4.69, 9.17) is 16.3 Å². The highest BCUT2D eigenvalue weighted by Crippen LogP contribution is 2.28. The van der Waals surface area contributed by atoms with E-state index in [1.165, 1.54) is 6.92 Å². The number of carbonyl (C=O) groups is 2. The molecule has 0 aromatic heterocycles. The number of benzene rings is 1. The first-order chi connectivity index (χ1) is 8.41. The van der Waals surface area contributed by atoms with Crippen LogP contribution in [-0.2, 0) is 20.7 Å². The first-order valence-electron chi connectivity index (χ1n) is 5.56. The Morgan fingerprint density at radius 1 is 1.39 bits per heavy atom. The standard InChI is InChI=1S/C13H15ClO4/c1-3-18-12(17)13(2,11(15)16)8-9-6-4-5-7-10(9)14/h4-7H,3,8H2,1-2H3,(H,15,16). The Morgan fingerprint density at radius 2 is 2.00 bits per heavy atom. The molecule has 0 spiro atoms. The Balaban J connectivity index is 3.04. The SMILES string of the molecule is CCOC(=O)C(C)(Cc1ccccc1Cl)C(=O)O. The summed E-state index contributed by atoms with van der Waals surface area (Å²) in [5, 5.41) is 9.68. The van der Waals surface area contributed by atoms with Gasteiger partial charge in [0.1, 0.15) is 0 Å². The summed E-state index contributed by atoms with van der Waals surface area (Å²) in [7, 11) is 0. The van der Waals surface area contributed by atoms with E-state index in [9.17, 15) is 14.7 Å². The summed E-state index contributed by atoms with van der Waals surface area (Å²) in [5.74, 6) is -1.97. The third kappa shape index (κ3) is 3.01. The number of hydrogen-bond donors (Lipinski definition) is 1. The summed E-state index contributed by atoms with van der Waals surface area (Å²) in [4.78, 5) is 23.1. The zero-order chi connectivity index (χ0) is 13.8. The fourth-order valence-corrected chi connectivity index (χ4v) is 1.75. The Bertz CT molecular complexity index is 458. The topological polar surface area (TPSA) is 63.6 Å². The number of ether oxygens (including phenoxy) is 1. The smallest absolute Gasteiger partial charge is 0.323 e. The predicted molar refractivity (Wildman–Crippen MR) is 67.5 cm³/mol. The van der Waals surface area contributed by atoms with E-state index in [-0.39, 0.29) is 13.0 Å². The van der Waals surface area contributed by atoms with Gasteiger partial charge in [-0.2, -0.15) is 0 Å². The maximum Gasteiger partial charge on any atom is 0.323 e. The van der Waals surface area contributed by atoms with Gasteiger partial charge in [0, 0.05) is 11.4 Å². The maximum atomic E-state index is 11.8. The van der Waals surface area contributed by atoms with Crippen LogP contribution in [0, 0.1) is 5.41 Å². The molecule has 0 saturated heterocycles. The van der Waals surface area contributed by atoms with Gasteiger partial charge in [-0.3, -0.25) is 9.59 Å². The summed E-state index contributed by atoms with van der Waals surface area (Å²) in [6.45, 7) is 3.12. The van der Waals surface area contributed by atoms with Crippen LogP contribution in [0.4, 0.5) is 0 Å². The van der Waals surface area contributed by atoms with Crippen molar-refractivity contribution in [2.75, 3.05) is 6.61 Å². The van der Waals surface area contributed by atoms with Crippen molar-refractivity contribution in [1.82, 2.24) is 0 Å². The number of halogens is 1. The molecule has 0 amide bonds. The van der Waals surface area contributed by atoms with Crippen molar-refractivity contribution in [3.8, 4) is 0 Å². The van der Waals surface area contributed by atoms with Gasteiger partial charge in [-0.05, 0) is 25.5 Å². The van der Waals surface area contributed by atoms with Gasteiger partial charge in [0.2, 0.25) is 0 Å². The molecule has 0 saturated carbocycles. The first-order valence-corrected chi connectivity index (χ1v) is 5.93. The van der Waals surface area contributed by atoms with Crippen LogP contribution in [0.15, 0.2) is 24.3 Å². The molecule has 0 aliphatic rings. The lowest BCUT2D eigenvalue weighted by atomic mass is 9.83. The van der Waals surface area contributed by atoms with Gasteiger partial charge < -0.3 is 9.84 Å². The van der Waals surface area contributed by atoms with E-state index < -0.39 is 17.4 Å². The second-order valence-corrected chi connectivity index (χ2v) is 4.53. The van der Waals surface area contributed by atoms with Gasteiger partial charge in [0.05, 0.1) is 6.61 Å². The Morgan fingerprint density at radius 3 is 2.50 bits per heavy atom. The molecular formula is C13H15ClO4. The van der Waals surface area contributed by atoms with Crippen LogP contribution in [0.5, 0.6) is 0 Å². The highest BCUT2D eigenvalue weighted by molar-refractivity contribution is 6.31. The lowest BCUT2D eigenvalue weighted by Gasteiger charge is -2.22. The van der Waals surface area contributed by atoms with Crippen LogP contribution in [-0.4, -0.2) is 23.7 Å². The zero-order valence-corrected chi connectivity index (χ0v) is 11.0. The summed E-state index contributed by atoms with van der Waals surface area (Å²) in [5.41, 5.74) is -1.02. The van der Waals surface area contributed by atoms with Crippen molar-refractivity contribution in [2.45, 2.75) is 20.3 Å². The number of carboxylic acids is 1. The molecule has 0 bridgehead atoms. The molecule has 18 heavy (non-hydrogen) atoms. The predicted octanol–water partition coefficient (Wildman–Crippen LogP) is 2.54. The van der Waals surface area contributed by atoms with Crippen molar-refractivity contribution in [3.05, 3.63) is 34.9 Å². The molecule has 0 aliphatic carbocycles. The van der Waals surface area contributed by atoms with Crippen LogP contribution >= 0.6 is 11.6 Å². The number of rotatable bonds is 5. The van der Waals surface area contributed by atoms with E-state index in [2.05, 4.69) is 0 Å². The molecule has 1 aromatic carbocycles. The van der Waals surface area contributed by atoms with Gasteiger partial charge in [0.25, 0.3) is 0 Å². The minimum absolute atomic E-state index is 0.000833. The van der Waals surface area contributed by atoms with Gasteiger partial charge >= 0.3 is 11.9 Å². The number of carboxylic acid groups (broad SMARTS) is 1. The molecule has 5 heteroatoms. The van der Waals surface area contributed by atoms with Gasteiger partial charge in [-0.25, -0.2) is 0 Å². The van der Waals surface area contributed by atoms with Crippen molar-refractivity contribution in [2.24, 2.45) is 5.41 Å². The molecule has 1 atom stereocenters. The fourth-order valence-electron chi connectivity index (χ4n) is 1.55. The van der Waals surface area contributed by atoms with E-state index >= 15 is 0 Å². The molecule has 4 nitrogen and oxygen atoms in total. The van der Waals surface area contributed by atoms with Crippen LogP contribution < -0.4 is 0 Å².